The average molecular weight is 516 g/mol. The molecule has 1 aliphatic carbocycles. The summed E-state index contributed by atoms with van der Waals surface area (Å²) in [5, 5.41) is 12.7. The van der Waals surface area contributed by atoms with E-state index in [0.29, 0.717) is 16.8 Å². The van der Waals surface area contributed by atoms with Gasteiger partial charge in [-0.25, -0.2) is 17.6 Å². The fraction of sp³-hybridized carbons (Fsp3) is 0.385. The van der Waals surface area contributed by atoms with E-state index in [-0.39, 0.29) is 24.9 Å². The number of carbonyl (C=O) groups is 2. The molecule has 2 heterocycles. The van der Waals surface area contributed by atoms with Crippen molar-refractivity contribution in [3.8, 4) is 0 Å². The number of aromatic nitrogens is 3. The smallest absolute Gasteiger partial charge is 0.249 e. The quantitative estimate of drug-likeness (QED) is 0.468. The third-order valence-corrected chi connectivity index (χ3v) is 6.98. The lowest BCUT2D eigenvalue weighted by molar-refractivity contribution is -0.138. The summed E-state index contributed by atoms with van der Waals surface area (Å²) in [5.74, 6) is -4.99. The Balaban J connectivity index is 1.37. The number of hydrogen-bond acceptors (Lipinski definition) is 4. The molecule has 0 radical (unpaired) electrons. The second kappa shape index (κ2) is 9.95. The number of H-pyrrole nitrogens is 1. The van der Waals surface area contributed by atoms with Crippen molar-refractivity contribution in [3.05, 3.63) is 82.9 Å². The molecule has 5 rings (SSSR count). The molecule has 0 unspecified atom stereocenters. The zero-order chi connectivity index (χ0) is 26.2. The summed E-state index contributed by atoms with van der Waals surface area (Å²) >= 11 is 0. The zero-order valence-corrected chi connectivity index (χ0v) is 19.7. The SMILES string of the molecule is O=C(N[C@@H](c1ccccc1)c1ccc(C2CC(F)(F)C2)c(F)c1)[C@@H]1C[C@@H](F)CN1C(=O)Cc1cn[nH]n1. The molecule has 2 fully saturated rings. The van der Waals surface area contributed by atoms with Crippen molar-refractivity contribution in [2.24, 2.45) is 0 Å². The van der Waals surface area contributed by atoms with E-state index < -0.39 is 60.6 Å². The Hall–Kier alpha value is -3.76. The van der Waals surface area contributed by atoms with Crippen LogP contribution in [-0.4, -0.2) is 56.8 Å². The molecule has 11 heteroatoms. The van der Waals surface area contributed by atoms with E-state index in [2.05, 4.69) is 20.7 Å². The average Bonchev–Trinajstić information content (AvgIpc) is 3.51. The van der Waals surface area contributed by atoms with Crippen molar-refractivity contribution in [1.82, 2.24) is 25.6 Å². The second-order valence-electron chi connectivity index (χ2n) is 9.63. The van der Waals surface area contributed by atoms with E-state index in [1.807, 2.05) is 0 Å². The van der Waals surface area contributed by atoms with Crippen LogP contribution >= 0.6 is 0 Å². The van der Waals surface area contributed by atoms with Gasteiger partial charge < -0.3 is 10.2 Å². The van der Waals surface area contributed by atoms with Crippen LogP contribution in [-0.2, 0) is 16.0 Å². The standard InChI is InChI=1S/C26H25F4N5O2/c27-18-9-22(35(14-18)23(36)10-19-13-31-34-33-19)25(37)32-24(15-4-2-1-3-5-15)16-6-7-20(21(28)8-16)17-11-26(29,30)12-17/h1-8,13,17-18,22,24H,9-12,14H2,(H,32,37)(H,31,33,34)/t18-,22+,24+/m1/s1. The molecule has 3 atom stereocenters. The number of amides is 2. The number of carbonyl (C=O) groups excluding carboxylic acids is 2. The maximum absolute atomic E-state index is 15.0. The molecule has 2 amide bonds. The maximum atomic E-state index is 15.0. The molecule has 194 valence electrons. The van der Waals surface area contributed by atoms with Crippen molar-refractivity contribution < 1.29 is 27.2 Å². The van der Waals surface area contributed by atoms with E-state index in [4.69, 9.17) is 0 Å². The summed E-state index contributed by atoms with van der Waals surface area (Å²) in [7, 11) is 0. The van der Waals surface area contributed by atoms with Crippen LogP contribution in [0, 0.1) is 5.82 Å². The Morgan fingerprint density at radius 2 is 1.89 bits per heavy atom. The first kappa shape index (κ1) is 24.9. The molecule has 37 heavy (non-hydrogen) atoms. The highest BCUT2D eigenvalue weighted by Gasteiger charge is 2.47. The third-order valence-electron chi connectivity index (χ3n) is 6.98. The number of aromatic amines is 1. The normalized spacial score (nSPS) is 21.9. The largest absolute Gasteiger partial charge is 0.343 e. The Morgan fingerprint density at radius 3 is 2.54 bits per heavy atom. The summed E-state index contributed by atoms with van der Waals surface area (Å²) in [6.07, 6.45) is -1.09. The fourth-order valence-corrected chi connectivity index (χ4v) is 5.05. The highest BCUT2D eigenvalue weighted by atomic mass is 19.3. The first-order chi connectivity index (χ1) is 17.7. The van der Waals surface area contributed by atoms with Crippen LogP contribution in [0.5, 0.6) is 0 Å². The molecule has 1 aliphatic heterocycles. The van der Waals surface area contributed by atoms with Crippen LogP contribution in [0.15, 0.2) is 54.7 Å². The number of nitrogens with zero attached hydrogens (tertiary/aromatic N) is 3. The molecule has 7 nitrogen and oxygen atoms in total. The van der Waals surface area contributed by atoms with E-state index >= 15 is 4.39 Å². The molecule has 1 saturated carbocycles. The number of halogens is 4. The van der Waals surface area contributed by atoms with Gasteiger partial charge in [-0.1, -0.05) is 42.5 Å². The molecule has 2 N–H and O–H groups in total. The van der Waals surface area contributed by atoms with Gasteiger partial charge >= 0.3 is 0 Å². The zero-order valence-electron chi connectivity index (χ0n) is 19.7. The molecule has 1 saturated heterocycles. The molecule has 2 aromatic carbocycles. The van der Waals surface area contributed by atoms with Crippen LogP contribution in [0.25, 0.3) is 0 Å². The minimum Gasteiger partial charge on any atom is -0.343 e. The maximum Gasteiger partial charge on any atom is 0.249 e. The lowest BCUT2D eigenvalue weighted by Gasteiger charge is -2.35. The fourth-order valence-electron chi connectivity index (χ4n) is 5.05. The number of nitrogens with one attached hydrogen (secondary N) is 2. The molecule has 2 aliphatic rings. The molecule has 0 spiro atoms. The van der Waals surface area contributed by atoms with Crippen molar-refractivity contribution >= 4 is 11.8 Å². The monoisotopic (exact) mass is 515 g/mol. The third kappa shape index (κ3) is 5.35. The van der Waals surface area contributed by atoms with Gasteiger partial charge in [0.25, 0.3) is 0 Å². The summed E-state index contributed by atoms with van der Waals surface area (Å²) in [4.78, 5) is 27.4. The lowest BCUT2D eigenvalue weighted by Crippen LogP contribution is -2.47. The Kier molecular flexibility index (Phi) is 6.70. The number of rotatable bonds is 7. The highest BCUT2D eigenvalue weighted by Crippen LogP contribution is 2.49. The van der Waals surface area contributed by atoms with Crippen LogP contribution in [0.4, 0.5) is 17.6 Å². The molecule has 0 bridgehead atoms. The lowest BCUT2D eigenvalue weighted by atomic mass is 9.76. The van der Waals surface area contributed by atoms with Crippen LogP contribution in [0.1, 0.15) is 53.6 Å². The summed E-state index contributed by atoms with van der Waals surface area (Å²) in [6.45, 7) is -0.222. The first-order valence-electron chi connectivity index (χ1n) is 12.0. The van der Waals surface area contributed by atoms with Gasteiger partial charge in [-0.3, -0.25) is 9.59 Å². The van der Waals surface area contributed by atoms with Crippen LogP contribution < -0.4 is 5.32 Å². The van der Waals surface area contributed by atoms with Crippen LogP contribution in [0.3, 0.4) is 0 Å². The summed E-state index contributed by atoms with van der Waals surface area (Å²) in [6, 6.07) is 11.3. The van der Waals surface area contributed by atoms with Crippen molar-refractivity contribution in [2.75, 3.05) is 6.54 Å². The Labute approximate surface area is 210 Å². The van der Waals surface area contributed by atoms with E-state index in [0.717, 1.165) is 0 Å². The van der Waals surface area contributed by atoms with Gasteiger partial charge in [0.05, 0.1) is 30.9 Å². The van der Waals surface area contributed by atoms with Gasteiger partial charge in [0.15, 0.2) is 0 Å². The predicted octanol–water partition coefficient (Wildman–Crippen LogP) is 3.84. The van der Waals surface area contributed by atoms with Crippen molar-refractivity contribution in [1.29, 1.82) is 0 Å². The second-order valence-corrected chi connectivity index (χ2v) is 9.63. The molecule has 3 aromatic rings. The highest BCUT2D eigenvalue weighted by molar-refractivity contribution is 5.89. The van der Waals surface area contributed by atoms with Gasteiger partial charge in [-0.15, -0.1) is 0 Å². The topological polar surface area (TPSA) is 91.0 Å². The van der Waals surface area contributed by atoms with Gasteiger partial charge in [-0.05, 0) is 28.7 Å². The number of benzene rings is 2. The molecule has 1 aromatic heterocycles. The minimum atomic E-state index is -2.77. The van der Waals surface area contributed by atoms with Gasteiger partial charge in [-0.2, -0.15) is 15.4 Å². The van der Waals surface area contributed by atoms with E-state index in [1.54, 1.807) is 36.4 Å². The Morgan fingerprint density at radius 1 is 1.14 bits per heavy atom. The Bertz CT molecular complexity index is 1260. The van der Waals surface area contributed by atoms with Crippen LogP contribution in [0.2, 0.25) is 0 Å². The molecular formula is C26H25F4N5O2. The van der Waals surface area contributed by atoms with E-state index in [1.165, 1.54) is 23.2 Å². The summed E-state index contributed by atoms with van der Waals surface area (Å²) < 4.78 is 56.0. The molecular weight excluding hydrogens is 490 g/mol. The van der Waals surface area contributed by atoms with E-state index in [9.17, 15) is 22.8 Å². The first-order valence-corrected chi connectivity index (χ1v) is 12.0. The van der Waals surface area contributed by atoms with Gasteiger partial charge in [0.1, 0.15) is 18.0 Å². The van der Waals surface area contributed by atoms with Gasteiger partial charge in [0, 0.05) is 19.3 Å². The predicted molar refractivity (Wildman–Crippen MR) is 125 cm³/mol. The van der Waals surface area contributed by atoms with Crippen molar-refractivity contribution in [3.63, 3.8) is 0 Å². The number of likely N-dealkylation sites (tertiary alicyclic amines) is 1. The minimum absolute atomic E-state index is 0.137. The number of alkyl halides is 3. The summed E-state index contributed by atoms with van der Waals surface area (Å²) in [5.41, 5.74) is 1.64. The van der Waals surface area contributed by atoms with Gasteiger partial charge in [0.2, 0.25) is 17.7 Å². The number of hydrogen-bond donors (Lipinski definition) is 2. The van der Waals surface area contributed by atoms with Crippen molar-refractivity contribution in [2.45, 2.75) is 55.8 Å².